The Hall–Kier alpha value is -2.64. The Labute approximate surface area is 183 Å². The highest BCUT2D eigenvalue weighted by Crippen LogP contribution is 2.36. The van der Waals surface area contributed by atoms with Gasteiger partial charge in [0.1, 0.15) is 0 Å². The summed E-state index contributed by atoms with van der Waals surface area (Å²) in [5.41, 5.74) is 1.01. The van der Waals surface area contributed by atoms with Crippen LogP contribution in [0, 0.1) is 27.9 Å². The highest BCUT2D eigenvalue weighted by Gasteiger charge is 2.42. The van der Waals surface area contributed by atoms with Crippen LogP contribution in [-0.4, -0.2) is 65.3 Å². The Morgan fingerprint density at radius 3 is 2.39 bits per heavy atom. The predicted molar refractivity (Wildman–Crippen MR) is 118 cm³/mol. The van der Waals surface area contributed by atoms with Crippen molar-refractivity contribution in [2.75, 3.05) is 37.6 Å². The molecule has 1 aliphatic carbocycles. The summed E-state index contributed by atoms with van der Waals surface area (Å²) >= 11 is 0. The zero-order valence-electron chi connectivity index (χ0n) is 18.4. The minimum Gasteiger partial charge on any atom is -0.368 e. The highest BCUT2D eigenvalue weighted by atomic mass is 16.6. The van der Waals surface area contributed by atoms with Crippen molar-refractivity contribution in [2.45, 2.75) is 45.6 Å². The first-order valence-electron chi connectivity index (χ1n) is 11.4. The zero-order chi connectivity index (χ0) is 22.1. The number of likely N-dealkylation sites (tertiary alicyclic amines) is 1. The summed E-state index contributed by atoms with van der Waals surface area (Å²) in [7, 11) is 0. The van der Waals surface area contributed by atoms with E-state index in [1.807, 2.05) is 9.80 Å². The van der Waals surface area contributed by atoms with Crippen molar-refractivity contribution in [3.8, 4) is 0 Å². The van der Waals surface area contributed by atoms with Gasteiger partial charge in [-0.3, -0.25) is 19.7 Å². The van der Waals surface area contributed by atoms with Gasteiger partial charge in [-0.2, -0.15) is 0 Å². The van der Waals surface area contributed by atoms with E-state index in [4.69, 9.17) is 0 Å². The monoisotopic (exact) mass is 428 g/mol. The first-order valence-corrected chi connectivity index (χ1v) is 11.4. The van der Waals surface area contributed by atoms with E-state index in [0.29, 0.717) is 51.0 Å². The maximum Gasteiger partial charge on any atom is 0.269 e. The Kier molecular flexibility index (Phi) is 6.16. The molecule has 4 rings (SSSR count). The molecule has 8 nitrogen and oxygen atoms in total. The second-order valence-electron chi connectivity index (χ2n) is 9.37. The number of hydrogen-bond donors (Lipinski definition) is 0. The number of piperazine rings is 1. The molecule has 2 heterocycles. The van der Waals surface area contributed by atoms with Crippen LogP contribution in [0.15, 0.2) is 24.3 Å². The first-order chi connectivity index (χ1) is 14.8. The number of nitrogens with zero attached hydrogens (tertiary/aromatic N) is 4. The van der Waals surface area contributed by atoms with Crippen molar-refractivity contribution in [3.63, 3.8) is 0 Å². The highest BCUT2D eigenvalue weighted by molar-refractivity contribution is 5.89. The van der Waals surface area contributed by atoms with Crippen molar-refractivity contribution in [2.24, 2.45) is 17.8 Å². The normalized spacial score (nSPS) is 29.4. The smallest absolute Gasteiger partial charge is 0.269 e. The fourth-order valence-electron chi connectivity index (χ4n) is 5.44. The van der Waals surface area contributed by atoms with E-state index in [9.17, 15) is 19.7 Å². The molecule has 31 heavy (non-hydrogen) atoms. The van der Waals surface area contributed by atoms with Crippen LogP contribution in [0.1, 0.15) is 39.5 Å². The van der Waals surface area contributed by atoms with Crippen molar-refractivity contribution in [1.82, 2.24) is 9.80 Å². The van der Waals surface area contributed by atoms with Gasteiger partial charge in [-0.05, 0) is 30.4 Å². The van der Waals surface area contributed by atoms with E-state index in [2.05, 4.69) is 18.7 Å². The number of carbonyl (C=O) groups excluding carboxylic acids is 2. The largest absolute Gasteiger partial charge is 0.368 e. The number of rotatable bonds is 4. The molecule has 1 aromatic rings. The number of benzene rings is 1. The molecule has 3 fully saturated rings. The Morgan fingerprint density at radius 1 is 1.06 bits per heavy atom. The van der Waals surface area contributed by atoms with Crippen LogP contribution in [0.2, 0.25) is 0 Å². The summed E-state index contributed by atoms with van der Waals surface area (Å²) < 4.78 is 0. The quantitative estimate of drug-likeness (QED) is 0.544. The summed E-state index contributed by atoms with van der Waals surface area (Å²) in [6, 6.07) is 6.82. The number of anilines is 1. The Morgan fingerprint density at radius 2 is 1.74 bits per heavy atom. The zero-order valence-corrected chi connectivity index (χ0v) is 18.4. The average molecular weight is 429 g/mol. The molecular weight excluding hydrogens is 396 g/mol. The predicted octanol–water partition coefficient (Wildman–Crippen LogP) is 2.92. The molecule has 0 unspecified atom stereocenters. The van der Waals surface area contributed by atoms with E-state index < -0.39 is 4.92 Å². The maximum atomic E-state index is 13.1. The van der Waals surface area contributed by atoms with Crippen LogP contribution >= 0.6 is 0 Å². The number of amides is 2. The molecule has 0 bridgehead atoms. The van der Waals surface area contributed by atoms with Crippen molar-refractivity contribution in [1.29, 1.82) is 0 Å². The summed E-state index contributed by atoms with van der Waals surface area (Å²) in [6.07, 6.45) is 3.76. The molecule has 0 radical (unpaired) electrons. The van der Waals surface area contributed by atoms with Gasteiger partial charge in [0.15, 0.2) is 0 Å². The molecule has 2 aliphatic heterocycles. The molecule has 0 N–H and O–H groups in total. The fraction of sp³-hybridized carbons (Fsp3) is 0.652. The minimum atomic E-state index is -0.401. The van der Waals surface area contributed by atoms with Crippen LogP contribution in [0.25, 0.3) is 0 Å². The molecular formula is C23H32N4O4. The summed E-state index contributed by atoms with van der Waals surface area (Å²) in [6.45, 7) is 7.66. The molecule has 0 spiro atoms. The lowest BCUT2D eigenvalue weighted by atomic mass is 9.77. The van der Waals surface area contributed by atoms with Gasteiger partial charge in [-0.1, -0.05) is 26.7 Å². The van der Waals surface area contributed by atoms with Crippen LogP contribution in [0.4, 0.5) is 11.4 Å². The molecule has 1 aromatic carbocycles. The van der Waals surface area contributed by atoms with Gasteiger partial charge < -0.3 is 14.7 Å². The standard InChI is InChI=1S/C23H32N4O4/c1-16-4-3-5-21(17(16)2)26-15-18(14-22(26)28)23(29)25-12-10-24(11-13-25)19-6-8-20(9-7-19)27(30)31/h6-9,16-18,21H,3-5,10-15H2,1-2H3/t16-,17+,18+,21-/m0/s1. The van der Waals surface area contributed by atoms with Crippen molar-refractivity contribution < 1.29 is 14.5 Å². The second-order valence-corrected chi connectivity index (χ2v) is 9.37. The minimum absolute atomic E-state index is 0.0784. The van der Waals surface area contributed by atoms with E-state index >= 15 is 0 Å². The molecule has 1 saturated carbocycles. The van der Waals surface area contributed by atoms with Crippen molar-refractivity contribution >= 4 is 23.2 Å². The van der Waals surface area contributed by atoms with Crippen molar-refractivity contribution in [3.05, 3.63) is 34.4 Å². The summed E-state index contributed by atoms with van der Waals surface area (Å²) in [4.78, 5) is 42.3. The molecule has 4 atom stereocenters. The van der Waals surface area contributed by atoms with Gasteiger partial charge in [0.2, 0.25) is 11.8 Å². The summed E-state index contributed by atoms with van der Waals surface area (Å²) in [5.74, 6) is 1.10. The molecule has 168 valence electrons. The molecule has 2 amide bonds. The van der Waals surface area contributed by atoms with Gasteiger partial charge >= 0.3 is 0 Å². The topological polar surface area (TPSA) is 87.0 Å². The number of non-ortho nitro benzene ring substituents is 1. The van der Waals surface area contributed by atoms with E-state index in [1.54, 1.807) is 12.1 Å². The van der Waals surface area contributed by atoms with Crippen LogP contribution in [-0.2, 0) is 9.59 Å². The van der Waals surface area contributed by atoms with Gasteiger partial charge in [0.25, 0.3) is 5.69 Å². The Bertz CT molecular complexity index is 834. The average Bonchev–Trinajstić information content (AvgIpc) is 3.16. The third kappa shape index (κ3) is 4.38. The molecule has 3 aliphatic rings. The van der Waals surface area contributed by atoms with Crippen LogP contribution in [0.5, 0.6) is 0 Å². The molecule has 0 aromatic heterocycles. The number of nitro benzene ring substituents is 1. The molecule has 8 heteroatoms. The lowest BCUT2D eigenvalue weighted by molar-refractivity contribution is -0.384. The molecule has 2 saturated heterocycles. The van der Waals surface area contributed by atoms with Crippen LogP contribution in [0.3, 0.4) is 0 Å². The Balaban J connectivity index is 1.32. The second kappa shape index (κ2) is 8.85. The van der Waals surface area contributed by atoms with E-state index in [0.717, 1.165) is 18.5 Å². The lowest BCUT2D eigenvalue weighted by Gasteiger charge is -2.40. The number of carbonyl (C=O) groups is 2. The maximum absolute atomic E-state index is 13.1. The van der Waals surface area contributed by atoms with E-state index in [1.165, 1.54) is 18.6 Å². The SMILES string of the molecule is C[C@@H]1[C@@H](C)CCC[C@@H]1N1C[C@H](C(=O)N2CCN(c3ccc([N+](=O)[O-])cc3)CC2)CC1=O. The van der Waals surface area contributed by atoms with E-state index in [-0.39, 0.29) is 29.5 Å². The summed E-state index contributed by atoms with van der Waals surface area (Å²) in [5, 5.41) is 10.8. The van der Waals surface area contributed by atoms with Gasteiger partial charge in [0, 0.05) is 63.0 Å². The van der Waals surface area contributed by atoms with Gasteiger partial charge in [0.05, 0.1) is 10.8 Å². The first kappa shape index (κ1) is 21.6. The van der Waals surface area contributed by atoms with Crippen LogP contribution < -0.4 is 4.90 Å². The fourth-order valence-corrected chi connectivity index (χ4v) is 5.44. The lowest BCUT2D eigenvalue weighted by Crippen LogP contribution is -2.51. The van der Waals surface area contributed by atoms with Gasteiger partial charge in [-0.15, -0.1) is 0 Å². The third-order valence-corrected chi connectivity index (χ3v) is 7.59. The third-order valence-electron chi connectivity index (χ3n) is 7.59. The number of nitro groups is 1. The van der Waals surface area contributed by atoms with Gasteiger partial charge in [-0.25, -0.2) is 0 Å². The number of hydrogen-bond acceptors (Lipinski definition) is 5.